The third-order valence-corrected chi connectivity index (χ3v) is 5.11. The molecule has 4 rings (SSSR count). The van der Waals surface area contributed by atoms with E-state index in [0.29, 0.717) is 13.0 Å². The van der Waals surface area contributed by atoms with Gasteiger partial charge in [-0.1, -0.05) is 0 Å². The number of rotatable bonds is 4. The molecule has 26 heavy (non-hydrogen) atoms. The minimum atomic E-state index is -0.140. The Morgan fingerprint density at radius 2 is 2.15 bits per heavy atom. The molecule has 2 aromatic heterocycles. The van der Waals surface area contributed by atoms with Gasteiger partial charge in [0.2, 0.25) is 5.91 Å². The molecule has 6 nitrogen and oxygen atoms in total. The number of nitrogens with one attached hydrogen (secondary N) is 1. The number of fused-ring (bicyclic) bond motifs is 1. The molecule has 0 bridgehead atoms. The molecule has 136 valence electrons. The fourth-order valence-electron chi connectivity index (χ4n) is 3.56. The molecule has 3 heterocycles. The van der Waals surface area contributed by atoms with Gasteiger partial charge in [-0.25, -0.2) is 0 Å². The smallest absolute Gasteiger partial charge is 0.224 e. The van der Waals surface area contributed by atoms with Crippen molar-refractivity contribution in [3.8, 4) is 0 Å². The van der Waals surface area contributed by atoms with Crippen LogP contribution in [-0.2, 0) is 23.0 Å². The predicted octanol–water partition coefficient (Wildman–Crippen LogP) is 2.97. The highest BCUT2D eigenvalue weighted by molar-refractivity contribution is 5.88. The molecule has 1 aliphatic heterocycles. The van der Waals surface area contributed by atoms with E-state index in [4.69, 9.17) is 9.15 Å². The van der Waals surface area contributed by atoms with Gasteiger partial charge in [0, 0.05) is 36.4 Å². The molecule has 3 aromatic rings. The maximum atomic E-state index is 12.6. The Morgan fingerprint density at radius 1 is 1.35 bits per heavy atom. The van der Waals surface area contributed by atoms with Gasteiger partial charge in [-0.05, 0) is 43.5 Å². The average Bonchev–Trinajstić information content (AvgIpc) is 3.30. The molecular formula is C20H23N3O3. The van der Waals surface area contributed by atoms with Gasteiger partial charge in [0.15, 0.2) is 0 Å². The maximum absolute atomic E-state index is 12.6. The molecule has 1 N–H and O–H groups in total. The quantitative estimate of drug-likeness (QED) is 0.783. The van der Waals surface area contributed by atoms with Crippen LogP contribution in [0.4, 0.5) is 0 Å². The summed E-state index contributed by atoms with van der Waals surface area (Å²) in [5.41, 5.74) is 5.12. The molecule has 0 aliphatic carbocycles. The van der Waals surface area contributed by atoms with Crippen LogP contribution in [0, 0.1) is 13.8 Å². The van der Waals surface area contributed by atoms with Crippen LogP contribution in [-0.4, -0.2) is 28.3 Å². The minimum Gasteiger partial charge on any atom is -0.464 e. The van der Waals surface area contributed by atoms with Crippen LogP contribution in [0.15, 0.2) is 35.2 Å². The summed E-state index contributed by atoms with van der Waals surface area (Å²) in [6.45, 7) is 4.76. The van der Waals surface area contributed by atoms with Crippen molar-refractivity contribution in [1.82, 2.24) is 15.1 Å². The van der Waals surface area contributed by atoms with Gasteiger partial charge >= 0.3 is 0 Å². The van der Waals surface area contributed by atoms with Crippen molar-refractivity contribution < 1.29 is 13.9 Å². The summed E-state index contributed by atoms with van der Waals surface area (Å²) in [6.07, 6.45) is 6.38. The van der Waals surface area contributed by atoms with Crippen LogP contribution in [0.25, 0.3) is 11.0 Å². The second kappa shape index (κ2) is 6.61. The van der Waals surface area contributed by atoms with Crippen molar-refractivity contribution in [3.63, 3.8) is 0 Å². The fraction of sp³-hybridized carbons (Fsp3) is 0.400. The predicted molar refractivity (Wildman–Crippen MR) is 97.8 cm³/mol. The highest BCUT2D eigenvalue weighted by Gasteiger charge is 2.31. The van der Waals surface area contributed by atoms with Crippen LogP contribution in [0.5, 0.6) is 0 Å². The zero-order chi connectivity index (χ0) is 18.3. The number of carbonyl (C=O) groups excluding carboxylic acids is 1. The molecule has 2 atom stereocenters. The highest BCUT2D eigenvalue weighted by atomic mass is 16.5. The Labute approximate surface area is 152 Å². The van der Waals surface area contributed by atoms with Crippen LogP contribution < -0.4 is 5.32 Å². The van der Waals surface area contributed by atoms with Crippen molar-refractivity contribution in [3.05, 3.63) is 53.0 Å². The summed E-state index contributed by atoms with van der Waals surface area (Å²) in [5, 5.41) is 8.33. The third-order valence-electron chi connectivity index (χ3n) is 5.11. The van der Waals surface area contributed by atoms with Crippen molar-refractivity contribution in [2.45, 2.75) is 38.8 Å². The number of ether oxygens (including phenoxy) is 1. The number of benzene rings is 1. The van der Waals surface area contributed by atoms with E-state index in [1.54, 1.807) is 17.1 Å². The van der Waals surface area contributed by atoms with E-state index in [1.165, 1.54) is 11.1 Å². The Kier molecular flexibility index (Phi) is 4.28. The summed E-state index contributed by atoms with van der Waals surface area (Å²) < 4.78 is 13.2. The van der Waals surface area contributed by atoms with Crippen molar-refractivity contribution in [1.29, 1.82) is 0 Å². The molecule has 1 saturated heterocycles. The summed E-state index contributed by atoms with van der Waals surface area (Å²) in [5.74, 6) is -0.0182. The molecule has 0 unspecified atom stereocenters. The SMILES string of the molecule is Cc1cc2occ(CC(=O)N[C@H]3CCO[C@@H]3c3cnn(C)c3)c2cc1C. The summed E-state index contributed by atoms with van der Waals surface area (Å²) in [6, 6.07) is 4.08. The van der Waals surface area contributed by atoms with E-state index in [-0.39, 0.29) is 18.1 Å². The van der Waals surface area contributed by atoms with Gasteiger partial charge in [0.25, 0.3) is 0 Å². The van der Waals surface area contributed by atoms with Crippen molar-refractivity contribution in [2.24, 2.45) is 7.05 Å². The van der Waals surface area contributed by atoms with Gasteiger partial charge in [0.1, 0.15) is 11.7 Å². The molecule has 1 amide bonds. The highest BCUT2D eigenvalue weighted by Crippen LogP contribution is 2.29. The molecule has 0 spiro atoms. The lowest BCUT2D eigenvalue weighted by Crippen LogP contribution is -2.37. The maximum Gasteiger partial charge on any atom is 0.224 e. The number of aromatic nitrogens is 2. The molecule has 1 aliphatic rings. The summed E-state index contributed by atoms with van der Waals surface area (Å²) in [7, 11) is 1.87. The van der Waals surface area contributed by atoms with Crippen LogP contribution >= 0.6 is 0 Å². The number of hydrogen-bond acceptors (Lipinski definition) is 4. The lowest BCUT2D eigenvalue weighted by molar-refractivity contribution is -0.121. The first-order valence-electron chi connectivity index (χ1n) is 8.88. The summed E-state index contributed by atoms with van der Waals surface area (Å²) >= 11 is 0. The first-order valence-corrected chi connectivity index (χ1v) is 8.88. The van der Waals surface area contributed by atoms with Gasteiger partial charge in [-0.15, -0.1) is 0 Å². The van der Waals surface area contributed by atoms with Crippen molar-refractivity contribution in [2.75, 3.05) is 6.61 Å². The van der Waals surface area contributed by atoms with Crippen LogP contribution in [0.1, 0.15) is 34.8 Å². The first kappa shape index (κ1) is 16.8. The Balaban J connectivity index is 1.48. The molecule has 6 heteroatoms. The van der Waals surface area contributed by atoms with E-state index < -0.39 is 0 Å². The average molecular weight is 353 g/mol. The van der Waals surface area contributed by atoms with Gasteiger partial charge in [-0.3, -0.25) is 9.48 Å². The van der Waals surface area contributed by atoms with Crippen molar-refractivity contribution >= 4 is 16.9 Å². The normalized spacial score (nSPS) is 20.0. The number of aryl methyl sites for hydroxylation is 3. The molecule has 1 aromatic carbocycles. The zero-order valence-electron chi connectivity index (χ0n) is 15.3. The number of nitrogens with zero attached hydrogens (tertiary/aromatic N) is 2. The van der Waals surface area contributed by atoms with E-state index in [9.17, 15) is 4.79 Å². The number of hydrogen-bond donors (Lipinski definition) is 1. The standard InChI is InChI=1S/C20H23N3O3/c1-12-6-16-14(11-26-18(16)7-13(12)2)8-19(24)22-17-4-5-25-20(17)15-9-21-23(3)10-15/h6-7,9-11,17,20H,4-5,8H2,1-3H3,(H,22,24)/t17-,20+/m0/s1. The topological polar surface area (TPSA) is 69.3 Å². The number of carbonyl (C=O) groups is 1. The van der Waals surface area contributed by atoms with E-state index in [2.05, 4.69) is 30.3 Å². The first-order chi connectivity index (χ1) is 12.5. The van der Waals surface area contributed by atoms with Crippen LogP contribution in [0.3, 0.4) is 0 Å². The number of furan rings is 1. The zero-order valence-corrected chi connectivity index (χ0v) is 15.3. The van der Waals surface area contributed by atoms with Gasteiger partial charge < -0.3 is 14.5 Å². The van der Waals surface area contributed by atoms with E-state index in [0.717, 1.165) is 28.5 Å². The lowest BCUT2D eigenvalue weighted by atomic mass is 10.0. The van der Waals surface area contributed by atoms with Gasteiger partial charge in [0.05, 0.1) is 24.9 Å². The minimum absolute atomic E-state index is 0.0182. The van der Waals surface area contributed by atoms with E-state index >= 15 is 0 Å². The molecule has 0 saturated carbocycles. The second-order valence-corrected chi connectivity index (χ2v) is 7.07. The molecular weight excluding hydrogens is 330 g/mol. The monoisotopic (exact) mass is 353 g/mol. The Morgan fingerprint density at radius 3 is 2.92 bits per heavy atom. The largest absolute Gasteiger partial charge is 0.464 e. The Hall–Kier alpha value is -2.60. The third kappa shape index (κ3) is 3.12. The molecule has 0 radical (unpaired) electrons. The van der Waals surface area contributed by atoms with Crippen LogP contribution in [0.2, 0.25) is 0 Å². The lowest BCUT2D eigenvalue weighted by Gasteiger charge is -2.18. The number of amides is 1. The van der Waals surface area contributed by atoms with Gasteiger partial charge in [-0.2, -0.15) is 5.10 Å². The molecule has 1 fully saturated rings. The Bertz CT molecular complexity index is 957. The summed E-state index contributed by atoms with van der Waals surface area (Å²) in [4.78, 5) is 12.6. The van der Waals surface area contributed by atoms with E-state index in [1.807, 2.05) is 19.3 Å². The second-order valence-electron chi connectivity index (χ2n) is 7.07. The fourth-order valence-corrected chi connectivity index (χ4v) is 3.56.